The third kappa shape index (κ3) is 2.62. The smallest absolute Gasteiger partial charge is 0.229 e. The number of nitrogens with two attached hydrogens (primary N) is 1. The molecule has 4 nitrogen and oxygen atoms in total. The summed E-state index contributed by atoms with van der Waals surface area (Å²) in [6.45, 7) is 5.56. The predicted molar refractivity (Wildman–Crippen MR) is 63.5 cm³/mol. The highest BCUT2D eigenvalue weighted by atomic mass is 32.2. The molecule has 3 N–H and O–H groups in total. The Bertz CT molecular complexity index is 493. The molecule has 1 aromatic rings. The van der Waals surface area contributed by atoms with Crippen LogP contribution in [0.2, 0.25) is 0 Å². The second kappa shape index (κ2) is 3.73. The second-order valence-electron chi connectivity index (χ2n) is 3.80. The lowest BCUT2D eigenvalue weighted by Gasteiger charge is -2.15. The van der Waals surface area contributed by atoms with E-state index in [0.717, 1.165) is 22.9 Å². The van der Waals surface area contributed by atoms with Gasteiger partial charge in [-0.3, -0.25) is 4.72 Å². The first-order valence-electron chi connectivity index (χ1n) is 4.56. The molecule has 0 unspecified atom stereocenters. The molecule has 0 amide bonds. The highest BCUT2D eigenvalue weighted by molar-refractivity contribution is 7.92. The Kier molecular flexibility index (Phi) is 2.95. The Hall–Kier alpha value is -1.23. The van der Waals surface area contributed by atoms with E-state index in [1.54, 1.807) is 0 Å². The molecular weight excluding hydrogens is 212 g/mol. The first kappa shape index (κ1) is 11.8. The third-order valence-electron chi connectivity index (χ3n) is 2.32. The van der Waals surface area contributed by atoms with Crippen LogP contribution in [0.4, 0.5) is 11.4 Å². The number of nitrogens with one attached hydrogen (secondary N) is 1. The van der Waals surface area contributed by atoms with Crippen molar-refractivity contribution in [2.45, 2.75) is 20.8 Å². The van der Waals surface area contributed by atoms with Gasteiger partial charge in [0.1, 0.15) is 0 Å². The van der Waals surface area contributed by atoms with Gasteiger partial charge >= 0.3 is 0 Å². The summed E-state index contributed by atoms with van der Waals surface area (Å²) in [7, 11) is -3.26. The van der Waals surface area contributed by atoms with Gasteiger partial charge in [-0.2, -0.15) is 0 Å². The van der Waals surface area contributed by atoms with Gasteiger partial charge in [0.25, 0.3) is 0 Å². The largest absolute Gasteiger partial charge is 0.398 e. The molecule has 0 saturated carbocycles. The van der Waals surface area contributed by atoms with E-state index in [4.69, 9.17) is 5.73 Å². The molecule has 0 aliphatic carbocycles. The van der Waals surface area contributed by atoms with E-state index in [1.165, 1.54) is 0 Å². The molecule has 1 aromatic carbocycles. The Morgan fingerprint density at radius 3 is 2.20 bits per heavy atom. The zero-order valence-corrected chi connectivity index (χ0v) is 10.2. The van der Waals surface area contributed by atoms with Crippen LogP contribution in [0.25, 0.3) is 0 Å². The number of rotatable bonds is 2. The molecule has 0 fully saturated rings. The molecule has 15 heavy (non-hydrogen) atoms. The topological polar surface area (TPSA) is 72.2 Å². The van der Waals surface area contributed by atoms with Crippen molar-refractivity contribution in [1.82, 2.24) is 0 Å². The van der Waals surface area contributed by atoms with E-state index in [9.17, 15) is 8.42 Å². The van der Waals surface area contributed by atoms with E-state index in [0.29, 0.717) is 11.4 Å². The van der Waals surface area contributed by atoms with E-state index < -0.39 is 10.0 Å². The summed E-state index contributed by atoms with van der Waals surface area (Å²) in [6.07, 6.45) is 1.13. The monoisotopic (exact) mass is 228 g/mol. The lowest BCUT2D eigenvalue weighted by atomic mass is 10.0. The summed E-state index contributed by atoms with van der Waals surface area (Å²) in [5.41, 5.74) is 9.67. The average molecular weight is 228 g/mol. The molecule has 0 saturated heterocycles. The first-order valence-corrected chi connectivity index (χ1v) is 6.45. The summed E-state index contributed by atoms with van der Waals surface area (Å²) in [4.78, 5) is 0. The van der Waals surface area contributed by atoms with Gasteiger partial charge in [0.05, 0.1) is 11.9 Å². The van der Waals surface area contributed by atoms with Crippen molar-refractivity contribution in [3.63, 3.8) is 0 Å². The standard InChI is InChI=1S/C10H16N2O2S/c1-6-5-7(2)10(8(3)9(6)11)12-15(4,13)14/h5,12H,11H2,1-4H3. The van der Waals surface area contributed by atoms with Crippen LogP contribution in [0.3, 0.4) is 0 Å². The lowest BCUT2D eigenvalue weighted by molar-refractivity contribution is 0.606. The normalized spacial score (nSPS) is 11.5. The Morgan fingerprint density at radius 1 is 1.20 bits per heavy atom. The highest BCUT2D eigenvalue weighted by Crippen LogP contribution is 2.28. The van der Waals surface area contributed by atoms with Crippen LogP contribution < -0.4 is 10.5 Å². The molecule has 0 radical (unpaired) electrons. The molecule has 84 valence electrons. The molecule has 5 heteroatoms. The first-order chi connectivity index (χ1) is 6.72. The fourth-order valence-corrected chi connectivity index (χ4v) is 2.23. The van der Waals surface area contributed by atoms with Crippen LogP contribution in [0, 0.1) is 20.8 Å². The van der Waals surface area contributed by atoms with Crippen LogP contribution in [0.15, 0.2) is 6.07 Å². The van der Waals surface area contributed by atoms with Crippen molar-refractivity contribution in [2.24, 2.45) is 0 Å². The summed E-state index contributed by atoms with van der Waals surface area (Å²) in [5, 5.41) is 0. The van der Waals surface area contributed by atoms with Crippen LogP contribution in [-0.2, 0) is 10.0 Å². The summed E-state index contributed by atoms with van der Waals surface area (Å²) in [5.74, 6) is 0. The van der Waals surface area contributed by atoms with Crippen molar-refractivity contribution in [3.05, 3.63) is 22.8 Å². The zero-order valence-electron chi connectivity index (χ0n) is 9.38. The molecule has 0 spiro atoms. The van der Waals surface area contributed by atoms with Crippen LogP contribution in [0.1, 0.15) is 16.7 Å². The molecule has 0 aliphatic heterocycles. The van der Waals surface area contributed by atoms with E-state index in [1.807, 2.05) is 26.8 Å². The number of sulfonamides is 1. The molecule has 0 aliphatic rings. The molecule has 1 rings (SSSR count). The van der Waals surface area contributed by atoms with Crippen molar-refractivity contribution in [2.75, 3.05) is 16.7 Å². The SMILES string of the molecule is Cc1cc(C)c(NS(C)(=O)=O)c(C)c1N. The number of hydrogen-bond donors (Lipinski definition) is 2. The van der Waals surface area contributed by atoms with Crippen LogP contribution in [0.5, 0.6) is 0 Å². The quantitative estimate of drug-likeness (QED) is 0.755. The third-order valence-corrected chi connectivity index (χ3v) is 2.89. The number of anilines is 2. The minimum atomic E-state index is -3.26. The van der Waals surface area contributed by atoms with Crippen LogP contribution in [-0.4, -0.2) is 14.7 Å². The van der Waals surface area contributed by atoms with Crippen molar-refractivity contribution >= 4 is 21.4 Å². The van der Waals surface area contributed by atoms with Crippen molar-refractivity contribution in [3.8, 4) is 0 Å². The van der Waals surface area contributed by atoms with E-state index in [-0.39, 0.29) is 0 Å². The molecule has 0 bridgehead atoms. The Labute approximate surface area is 90.5 Å². The van der Waals surface area contributed by atoms with Crippen molar-refractivity contribution in [1.29, 1.82) is 0 Å². The van der Waals surface area contributed by atoms with Gasteiger partial charge in [0.2, 0.25) is 10.0 Å². The van der Waals surface area contributed by atoms with Gasteiger partial charge < -0.3 is 5.73 Å². The van der Waals surface area contributed by atoms with Gasteiger partial charge in [-0.25, -0.2) is 8.42 Å². The fraction of sp³-hybridized carbons (Fsp3) is 0.400. The predicted octanol–water partition coefficient (Wildman–Crippen LogP) is 1.57. The van der Waals surface area contributed by atoms with E-state index >= 15 is 0 Å². The van der Waals surface area contributed by atoms with Gasteiger partial charge in [-0.05, 0) is 37.5 Å². The van der Waals surface area contributed by atoms with Gasteiger partial charge in [0, 0.05) is 5.69 Å². The van der Waals surface area contributed by atoms with Crippen LogP contribution >= 0.6 is 0 Å². The fourth-order valence-electron chi connectivity index (χ4n) is 1.54. The second-order valence-corrected chi connectivity index (χ2v) is 5.55. The average Bonchev–Trinajstić information content (AvgIpc) is 2.07. The van der Waals surface area contributed by atoms with Gasteiger partial charge in [-0.15, -0.1) is 0 Å². The lowest BCUT2D eigenvalue weighted by Crippen LogP contribution is -2.13. The maximum absolute atomic E-state index is 11.1. The van der Waals surface area contributed by atoms with E-state index in [2.05, 4.69) is 4.72 Å². The number of hydrogen-bond acceptors (Lipinski definition) is 3. The Balaban J connectivity index is 3.37. The molecular formula is C10H16N2O2S. The summed E-state index contributed by atoms with van der Waals surface area (Å²) < 4.78 is 24.8. The number of benzene rings is 1. The van der Waals surface area contributed by atoms with Gasteiger partial charge in [0.15, 0.2) is 0 Å². The molecule has 0 atom stereocenters. The minimum absolute atomic E-state index is 0.584. The maximum atomic E-state index is 11.1. The number of aryl methyl sites for hydroxylation is 2. The molecule has 0 aromatic heterocycles. The molecule has 0 heterocycles. The Morgan fingerprint density at radius 2 is 1.73 bits per heavy atom. The summed E-state index contributed by atoms with van der Waals surface area (Å²) >= 11 is 0. The maximum Gasteiger partial charge on any atom is 0.229 e. The highest BCUT2D eigenvalue weighted by Gasteiger charge is 2.11. The number of nitrogen functional groups attached to an aromatic ring is 1. The summed E-state index contributed by atoms with van der Waals surface area (Å²) in [6, 6.07) is 1.87. The van der Waals surface area contributed by atoms with Crippen molar-refractivity contribution < 1.29 is 8.42 Å². The minimum Gasteiger partial charge on any atom is -0.398 e. The van der Waals surface area contributed by atoms with Gasteiger partial charge in [-0.1, -0.05) is 6.07 Å². The zero-order chi connectivity index (χ0) is 11.8.